The van der Waals surface area contributed by atoms with E-state index in [0.717, 1.165) is 5.69 Å². The Balaban J connectivity index is 1.85. The highest BCUT2D eigenvalue weighted by atomic mass is 19.3. The van der Waals surface area contributed by atoms with Crippen molar-refractivity contribution in [1.29, 1.82) is 0 Å². The fourth-order valence-electron chi connectivity index (χ4n) is 1.81. The van der Waals surface area contributed by atoms with E-state index in [1.54, 1.807) is 12.3 Å². The smallest absolute Gasteiger partial charge is 0.377 e. The normalized spacial score (nSPS) is 23.7. The van der Waals surface area contributed by atoms with Gasteiger partial charge in [0.25, 0.3) is 0 Å². The van der Waals surface area contributed by atoms with Crippen molar-refractivity contribution in [3.05, 3.63) is 30.1 Å². The van der Waals surface area contributed by atoms with Crippen LogP contribution < -0.4 is 5.32 Å². The van der Waals surface area contributed by atoms with Crippen LogP contribution in [0.15, 0.2) is 24.4 Å². The first kappa shape index (κ1) is 12.9. The zero-order chi connectivity index (χ0) is 13.2. The predicted molar refractivity (Wildman–Crippen MR) is 60.1 cm³/mol. The van der Waals surface area contributed by atoms with E-state index in [-0.39, 0.29) is 12.6 Å². The maximum absolute atomic E-state index is 12.9. The van der Waals surface area contributed by atoms with Crippen molar-refractivity contribution in [1.82, 2.24) is 10.3 Å². The second kappa shape index (κ2) is 4.97. The molecule has 18 heavy (non-hydrogen) atoms. The first-order valence-corrected chi connectivity index (χ1v) is 5.72. The van der Waals surface area contributed by atoms with E-state index in [1.807, 2.05) is 19.1 Å². The number of cyclic esters (lactones) is 1. The van der Waals surface area contributed by atoms with Crippen LogP contribution in [0.4, 0.5) is 8.78 Å². The second-order valence-corrected chi connectivity index (χ2v) is 4.32. The Morgan fingerprint density at radius 1 is 1.61 bits per heavy atom. The zero-order valence-electron chi connectivity index (χ0n) is 9.90. The van der Waals surface area contributed by atoms with Crippen molar-refractivity contribution in [3.63, 3.8) is 0 Å². The van der Waals surface area contributed by atoms with E-state index in [4.69, 9.17) is 0 Å². The van der Waals surface area contributed by atoms with Gasteiger partial charge in [-0.1, -0.05) is 6.07 Å². The number of ether oxygens (including phenoxy) is 1. The molecule has 0 bridgehead atoms. The number of nitrogens with one attached hydrogen (secondary N) is 1. The van der Waals surface area contributed by atoms with Crippen LogP contribution in [0.1, 0.15) is 25.1 Å². The van der Waals surface area contributed by atoms with E-state index in [2.05, 4.69) is 15.0 Å². The minimum atomic E-state index is -3.35. The average molecular weight is 256 g/mol. The van der Waals surface area contributed by atoms with Crippen molar-refractivity contribution in [3.8, 4) is 0 Å². The lowest BCUT2D eigenvalue weighted by atomic mass is 10.1. The molecule has 1 N–H and O–H groups in total. The van der Waals surface area contributed by atoms with Crippen molar-refractivity contribution < 1.29 is 18.3 Å². The molecule has 98 valence electrons. The molecular formula is C12H14F2N2O2. The molecule has 2 atom stereocenters. The molecule has 0 aromatic carbocycles. The van der Waals surface area contributed by atoms with Gasteiger partial charge in [-0.25, -0.2) is 4.79 Å². The summed E-state index contributed by atoms with van der Waals surface area (Å²) in [6, 6.07) is 5.41. The minimum Gasteiger partial charge on any atom is -0.456 e. The fraction of sp³-hybridized carbons (Fsp3) is 0.500. The summed E-state index contributed by atoms with van der Waals surface area (Å²) in [7, 11) is 0. The molecule has 1 aliphatic heterocycles. The number of alkyl halides is 2. The van der Waals surface area contributed by atoms with Crippen LogP contribution in [0.5, 0.6) is 0 Å². The van der Waals surface area contributed by atoms with Crippen LogP contribution in [-0.2, 0) is 9.53 Å². The quantitative estimate of drug-likeness (QED) is 0.833. The third kappa shape index (κ3) is 2.81. The highest BCUT2D eigenvalue weighted by molar-refractivity contribution is 5.79. The monoisotopic (exact) mass is 256 g/mol. The highest BCUT2D eigenvalue weighted by Gasteiger charge is 2.50. The lowest BCUT2D eigenvalue weighted by molar-refractivity contribution is -0.159. The SMILES string of the molecule is C[C@H](NCC1CC(F)(F)C(=O)O1)c1ccccn1. The molecule has 0 amide bonds. The lowest BCUT2D eigenvalue weighted by Crippen LogP contribution is -2.29. The Morgan fingerprint density at radius 3 is 2.94 bits per heavy atom. The van der Waals surface area contributed by atoms with Gasteiger partial charge in [-0.3, -0.25) is 4.98 Å². The topological polar surface area (TPSA) is 51.2 Å². The van der Waals surface area contributed by atoms with Gasteiger partial charge in [0.05, 0.1) is 12.1 Å². The summed E-state index contributed by atoms with van der Waals surface area (Å²) in [5.41, 5.74) is 0.814. The molecule has 0 aliphatic carbocycles. The van der Waals surface area contributed by atoms with E-state index in [1.165, 1.54) is 0 Å². The van der Waals surface area contributed by atoms with Crippen LogP contribution in [0.2, 0.25) is 0 Å². The van der Waals surface area contributed by atoms with E-state index < -0.39 is 24.4 Å². The number of rotatable bonds is 4. The average Bonchev–Trinajstić information content (AvgIpc) is 2.61. The molecule has 2 heterocycles. The van der Waals surface area contributed by atoms with Gasteiger partial charge in [0.15, 0.2) is 0 Å². The standard InChI is InChI=1S/C12H14F2N2O2/c1-8(10-4-2-3-5-15-10)16-7-9-6-12(13,14)11(17)18-9/h2-5,8-9,16H,6-7H2,1H3/t8-,9?/m0/s1. The maximum Gasteiger partial charge on any atom is 0.377 e. The van der Waals surface area contributed by atoms with Gasteiger partial charge in [0.1, 0.15) is 6.10 Å². The van der Waals surface area contributed by atoms with Gasteiger partial charge in [-0.15, -0.1) is 0 Å². The largest absolute Gasteiger partial charge is 0.456 e. The summed E-state index contributed by atoms with van der Waals surface area (Å²) < 4.78 is 30.4. The summed E-state index contributed by atoms with van der Waals surface area (Å²) in [5.74, 6) is -4.78. The van der Waals surface area contributed by atoms with Crippen molar-refractivity contribution in [2.45, 2.75) is 31.4 Å². The molecule has 1 aliphatic rings. The Kier molecular flexibility index (Phi) is 3.56. The Morgan fingerprint density at radius 2 is 2.39 bits per heavy atom. The van der Waals surface area contributed by atoms with Gasteiger partial charge >= 0.3 is 11.9 Å². The molecular weight excluding hydrogens is 242 g/mol. The van der Waals surface area contributed by atoms with Gasteiger partial charge in [-0.05, 0) is 19.1 Å². The van der Waals surface area contributed by atoms with Crippen LogP contribution in [0, 0.1) is 0 Å². The summed E-state index contributed by atoms with van der Waals surface area (Å²) in [4.78, 5) is 15.0. The molecule has 1 saturated heterocycles. The van der Waals surface area contributed by atoms with Crippen LogP contribution in [-0.4, -0.2) is 29.5 Å². The summed E-state index contributed by atoms with van der Waals surface area (Å²) >= 11 is 0. The molecule has 2 rings (SSSR count). The van der Waals surface area contributed by atoms with E-state index >= 15 is 0 Å². The highest BCUT2D eigenvalue weighted by Crippen LogP contribution is 2.30. The lowest BCUT2D eigenvalue weighted by Gasteiger charge is -2.15. The Hall–Kier alpha value is -1.56. The molecule has 0 radical (unpaired) electrons. The van der Waals surface area contributed by atoms with E-state index in [9.17, 15) is 13.6 Å². The number of aromatic nitrogens is 1. The van der Waals surface area contributed by atoms with Gasteiger partial charge in [0, 0.05) is 18.8 Å². The number of hydrogen-bond acceptors (Lipinski definition) is 4. The molecule has 4 nitrogen and oxygen atoms in total. The van der Waals surface area contributed by atoms with Crippen LogP contribution in [0.3, 0.4) is 0 Å². The number of carbonyl (C=O) groups excluding carboxylic acids is 1. The molecule has 1 unspecified atom stereocenters. The number of halogens is 2. The number of hydrogen-bond donors (Lipinski definition) is 1. The third-order valence-corrected chi connectivity index (χ3v) is 2.84. The van der Waals surface area contributed by atoms with Gasteiger partial charge in [-0.2, -0.15) is 8.78 Å². The first-order chi connectivity index (χ1) is 8.49. The van der Waals surface area contributed by atoms with Crippen molar-refractivity contribution >= 4 is 5.97 Å². The van der Waals surface area contributed by atoms with Crippen molar-refractivity contribution in [2.24, 2.45) is 0 Å². The van der Waals surface area contributed by atoms with Gasteiger partial charge < -0.3 is 10.1 Å². The maximum atomic E-state index is 12.9. The summed E-state index contributed by atoms with van der Waals surface area (Å²) in [6.45, 7) is 2.07. The molecule has 1 aromatic rings. The van der Waals surface area contributed by atoms with Crippen molar-refractivity contribution in [2.75, 3.05) is 6.54 Å². The zero-order valence-corrected chi connectivity index (χ0v) is 9.90. The van der Waals surface area contributed by atoms with Crippen LogP contribution in [0.25, 0.3) is 0 Å². The molecule has 1 fully saturated rings. The first-order valence-electron chi connectivity index (χ1n) is 5.72. The molecule has 0 spiro atoms. The van der Waals surface area contributed by atoms with E-state index in [0.29, 0.717) is 0 Å². The fourth-order valence-corrected chi connectivity index (χ4v) is 1.81. The second-order valence-electron chi connectivity index (χ2n) is 4.32. The summed E-state index contributed by atoms with van der Waals surface area (Å²) in [6.07, 6.45) is 0.323. The minimum absolute atomic E-state index is 0.0841. The summed E-state index contributed by atoms with van der Waals surface area (Å²) in [5, 5.41) is 3.03. The number of pyridine rings is 1. The van der Waals surface area contributed by atoms with Crippen LogP contribution >= 0.6 is 0 Å². The molecule has 6 heteroatoms. The number of esters is 1. The third-order valence-electron chi connectivity index (χ3n) is 2.84. The number of carbonyl (C=O) groups is 1. The predicted octanol–water partition coefficient (Wildman–Crippen LogP) is 1.68. The molecule has 0 saturated carbocycles. The number of nitrogens with zero attached hydrogens (tertiary/aromatic N) is 1. The van der Waals surface area contributed by atoms with Gasteiger partial charge in [0.2, 0.25) is 0 Å². The Bertz CT molecular complexity index is 425. The Labute approximate surface area is 103 Å². The molecule has 1 aromatic heterocycles.